The van der Waals surface area contributed by atoms with Crippen LogP contribution in [0.1, 0.15) is 98.3 Å². The zero-order chi connectivity index (χ0) is 23.1. The molecule has 3 nitrogen and oxygen atoms in total. The highest BCUT2D eigenvalue weighted by Gasteiger charge is 2.59. The van der Waals surface area contributed by atoms with Crippen LogP contribution in [0, 0.1) is 46.3 Å². The Hall–Kier alpha value is -0.480. The molecule has 2 N–H and O–H groups in total. The number of hydrogen-bond acceptors (Lipinski definition) is 3. The van der Waals surface area contributed by atoms with E-state index in [-0.39, 0.29) is 6.10 Å². The monoisotopic (exact) mass is 462 g/mol. The van der Waals surface area contributed by atoms with Gasteiger partial charge in [-0.2, -0.15) is 0 Å². The van der Waals surface area contributed by atoms with E-state index in [1.54, 1.807) is 5.57 Å². The lowest BCUT2D eigenvalue weighted by molar-refractivity contribution is -0.0573. The number of thioether (sulfide) groups is 1. The highest BCUT2D eigenvalue weighted by Crippen LogP contribution is 2.67. The lowest BCUT2D eigenvalue weighted by Gasteiger charge is -2.58. The smallest absolute Gasteiger partial charge is 0.364 e. The van der Waals surface area contributed by atoms with Gasteiger partial charge in [0.15, 0.2) is 0 Å². The van der Waals surface area contributed by atoms with Crippen LogP contribution in [0.3, 0.4) is 0 Å². The van der Waals surface area contributed by atoms with Crippen LogP contribution in [0.15, 0.2) is 11.6 Å². The van der Waals surface area contributed by atoms with Gasteiger partial charge < -0.3 is 10.2 Å². The van der Waals surface area contributed by atoms with Gasteiger partial charge in [0.05, 0.1) is 6.10 Å². The molecule has 4 rings (SSSR count). The summed E-state index contributed by atoms with van der Waals surface area (Å²) < 4.78 is 0. The number of fused-ring (bicyclic) bond motifs is 5. The molecule has 0 radical (unpaired) electrons. The summed E-state index contributed by atoms with van der Waals surface area (Å²) in [5.74, 6) is 5.41. The Morgan fingerprint density at radius 1 is 1.12 bits per heavy atom. The van der Waals surface area contributed by atoms with Crippen molar-refractivity contribution in [2.75, 3.05) is 5.75 Å². The molecule has 0 saturated heterocycles. The predicted octanol–water partition coefficient (Wildman–Crippen LogP) is 7.78. The third-order valence-corrected chi connectivity index (χ3v) is 11.7. The summed E-state index contributed by atoms with van der Waals surface area (Å²) in [4.78, 5) is 10.8. The molecule has 3 saturated carbocycles. The number of aliphatic hydroxyl groups is 1. The van der Waals surface area contributed by atoms with Crippen LogP contribution in [0.5, 0.6) is 0 Å². The number of carboxylic acid groups (broad SMARTS) is 1. The summed E-state index contributed by atoms with van der Waals surface area (Å²) in [6.45, 7) is 9.87. The minimum absolute atomic E-state index is 0.109. The molecule has 0 amide bonds. The third kappa shape index (κ3) is 4.57. The fourth-order valence-electron chi connectivity index (χ4n) is 8.90. The maximum atomic E-state index is 10.8. The van der Waals surface area contributed by atoms with Crippen molar-refractivity contribution in [3.63, 3.8) is 0 Å². The van der Waals surface area contributed by atoms with E-state index in [0.717, 1.165) is 66.4 Å². The van der Waals surface area contributed by atoms with Crippen molar-refractivity contribution in [2.24, 2.45) is 46.3 Å². The minimum atomic E-state index is -0.742. The molecule has 4 aliphatic carbocycles. The first-order valence-electron chi connectivity index (χ1n) is 13.4. The molecule has 4 aliphatic rings. The van der Waals surface area contributed by atoms with Crippen LogP contribution < -0.4 is 0 Å². The zero-order valence-electron chi connectivity index (χ0n) is 20.8. The highest BCUT2D eigenvalue weighted by atomic mass is 32.2. The molecule has 3 fully saturated rings. The average Bonchev–Trinajstić information content (AvgIpc) is 3.10. The van der Waals surface area contributed by atoms with Gasteiger partial charge in [-0.15, -0.1) is 0 Å². The molecule has 0 bridgehead atoms. The summed E-state index contributed by atoms with van der Waals surface area (Å²) in [6.07, 6.45) is 16.1. The lowest BCUT2D eigenvalue weighted by Crippen LogP contribution is -2.50. The predicted molar refractivity (Wildman–Crippen MR) is 134 cm³/mol. The van der Waals surface area contributed by atoms with Gasteiger partial charge in [-0.05, 0) is 116 Å². The van der Waals surface area contributed by atoms with Crippen molar-refractivity contribution >= 4 is 17.1 Å². The van der Waals surface area contributed by atoms with Gasteiger partial charge in [0.2, 0.25) is 0 Å². The molecular formula is C28H46O3S. The first kappa shape index (κ1) is 24.6. The fourth-order valence-corrected chi connectivity index (χ4v) is 9.50. The summed E-state index contributed by atoms with van der Waals surface area (Å²) >= 11 is 1.05. The second-order valence-electron chi connectivity index (χ2n) is 12.5. The van der Waals surface area contributed by atoms with Crippen LogP contribution in [-0.4, -0.2) is 27.4 Å². The Morgan fingerprint density at radius 2 is 1.91 bits per heavy atom. The Labute approximate surface area is 200 Å². The van der Waals surface area contributed by atoms with Gasteiger partial charge in [0.1, 0.15) is 0 Å². The lowest BCUT2D eigenvalue weighted by atomic mass is 9.47. The SMILES string of the molecule is CC(CCC[C@@H](C)[C@H]1CC[C@H]2[C@@H]3CC=C4C[C@@H](O)CC[C@]4(C)[C@H]3CC[C@]12C)CSC(=O)O. The van der Waals surface area contributed by atoms with Crippen LogP contribution in [0.2, 0.25) is 0 Å². The Morgan fingerprint density at radius 3 is 2.66 bits per heavy atom. The Kier molecular flexibility index (Phi) is 7.42. The number of allylic oxidation sites excluding steroid dienone is 1. The van der Waals surface area contributed by atoms with E-state index in [1.165, 1.54) is 51.4 Å². The molecule has 0 aromatic heterocycles. The average molecular weight is 463 g/mol. The number of carbonyl (C=O) groups is 1. The Bertz CT molecular complexity index is 719. The summed E-state index contributed by atoms with van der Waals surface area (Å²) in [7, 11) is 0. The van der Waals surface area contributed by atoms with E-state index < -0.39 is 5.30 Å². The largest absolute Gasteiger partial charge is 0.473 e. The standard InChI is InChI=1S/C28H46O3S/c1-18(17-32-26(30)31)6-5-7-19(2)23-10-11-24-22-9-8-20-16-21(29)12-14-27(20,3)25(22)13-15-28(23,24)4/h8,18-19,21-25,29H,5-7,9-17H2,1-4H3,(H,30,31)/t18?,19-,21+,22+,23-,24+,25+,27+,28-/m1/s1. The minimum Gasteiger partial charge on any atom is -0.473 e. The van der Waals surface area contributed by atoms with Gasteiger partial charge in [-0.1, -0.05) is 52.2 Å². The van der Waals surface area contributed by atoms with Gasteiger partial charge in [-0.3, -0.25) is 0 Å². The van der Waals surface area contributed by atoms with E-state index in [9.17, 15) is 9.90 Å². The van der Waals surface area contributed by atoms with E-state index in [0.29, 0.717) is 16.7 Å². The number of aliphatic hydroxyl groups excluding tert-OH is 1. The highest BCUT2D eigenvalue weighted by molar-refractivity contribution is 8.13. The quantitative estimate of drug-likeness (QED) is 0.379. The topological polar surface area (TPSA) is 57.5 Å². The molecule has 0 heterocycles. The van der Waals surface area contributed by atoms with E-state index in [4.69, 9.17) is 5.11 Å². The van der Waals surface area contributed by atoms with Crippen molar-refractivity contribution in [1.82, 2.24) is 0 Å². The first-order valence-corrected chi connectivity index (χ1v) is 14.4. The summed E-state index contributed by atoms with van der Waals surface area (Å²) in [5, 5.41) is 18.4. The molecule has 0 aromatic carbocycles. The Balaban J connectivity index is 1.37. The van der Waals surface area contributed by atoms with Crippen LogP contribution in [0.4, 0.5) is 4.79 Å². The van der Waals surface area contributed by atoms with Crippen molar-refractivity contribution in [3.05, 3.63) is 11.6 Å². The fraction of sp³-hybridized carbons (Fsp3) is 0.893. The zero-order valence-corrected chi connectivity index (χ0v) is 21.6. The second-order valence-corrected chi connectivity index (χ2v) is 13.4. The van der Waals surface area contributed by atoms with Crippen LogP contribution in [-0.2, 0) is 0 Å². The molecule has 0 aromatic rings. The molecule has 0 aliphatic heterocycles. The van der Waals surface area contributed by atoms with Gasteiger partial charge in [-0.25, -0.2) is 4.79 Å². The second kappa shape index (κ2) is 9.64. The molecular weight excluding hydrogens is 416 g/mol. The van der Waals surface area contributed by atoms with Gasteiger partial charge in [0.25, 0.3) is 0 Å². The van der Waals surface area contributed by atoms with E-state index in [1.807, 2.05) is 0 Å². The number of rotatable bonds is 7. The molecule has 1 unspecified atom stereocenters. The maximum absolute atomic E-state index is 10.8. The molecule has 182 valence electrons. The van der Waals surface area contributed by atoms with Crippen LogP contribution in [0.25, 0.3) is 0 Å². The van der Waals surface area contributed by atoms with Crippen molar-refractivity contribution < 1.29 is 15.0 Å². The third-order valence-electron chi connectivity index (χ3n) is 10.7. The first-order chi connectivity index (χ1) is 15.1. The number of hydrogen-bond donors (Lipinski definition) is 2. The maximum Gasteiger partial charge on any atom is 0.364 e. The van der Waals surface area contributed by atoms with Gasteiger partial charge >= 0.3 is 5.30 Å². The summed E-state index contributed by atoms with van der Waals surface area (Å²) in [5.41, 5.74) is 2.43. The normalized spacial score (nSPS) is 42.9. The molecule has 0 spiro atoms. The van der Waals surface area contributed by atoms with E-state index in [2.05, 4.69) is 33.8 Å². The molecule has 32 heavy (non-hydrogen) atoms. The van der Waals surface area contributed by atoms with Crippen LogP contribution >= 0.6 is 11.8 Å². The molecule has 4 heteroatoms. The molecule has 9 atom stereocenters. The summed E-state index contributed by atoms with van der Waals surface area (Å²) in [6, 6.07) is 0. The van der Waals surface area contributed by atoms with Crippen molar-refractivity contribution in [2.45, 2.75) is 104 Å². The van der Waals surface area contributed by atoms with Crippen molar-refractivity contribution in [3.8, 4) is 0 Å². The van der Waals surface area contributed by atoms with E-state index >= 15 is 0 Å². The van der Waals surface area contributed by atoms with Gasteiger partial charge in [0, 0.05) is 5.75 Å². The van der Waals surface area contributed by atoms with Crippen molar-refractivity contribution in [1.29, 1.82) is 0 Å².